The van der Waals surface area contributed by atoms with Crippen molar-refractivity contribution in [3.05, 3.63) is 29.8 Å². The van der Waals surface area contributed by atoms with Gasteiger partial charge in [-0.15, -0.1) is 0 Å². The standard InChI is InChI=1S/C25H36O7/c1-9-30-16-12-10-15(11-13-16)18-19(21(27)31-23(2,3)4)17(26)14-25(8,29)20(18)22(28)32-24(5,6)7/h10-13,18-20,29H,9,14H2,1-8H3/t18-,19-,20-,25+/m1/s1. The van der Waals surface area contributed by atoms with E-state index >= 15 is 0 Å². The maximum absolute atomic E-state index is 13.3. The van der Waals surface area contributed by atoms with Crippen LogP contribution in [0.25, 0.3) is 0 Å². The molecule has 1 saturated carbocycles. The monoisotopic (exact) mass is 448 g/mol. The minimum atomic E-state index is -1.69. The summed E-state index contributed by atoms with van der Waals surface area (Å²) >= 11 is 0. The number of hydrogen-bond donors (Lipinski definition) is 1. The van der Waals surface area contributed by atoms with Crippen molar-refractivity contribution in [2.75, 3.05) is 6.61 Å². The number of ether oxygens (including phenoxy) is 3. The van der Waals surface area contributed by atoms with E-state index in [9.17, 15) is 19.5 Å². The first kappa shape index (κ1) is 25.8. The molecule has 4 atom stereocenters. The smallest absolute Gasteiger partial charge is 0.317 e. The van der Waals surface area contributed by atoms with E-state index < -0.39 is 52.3 Å². The van der Waals surface area contributed by atoms with Gasteiger partial charge < -0.3 is 19.3 Å². The number of benzene rings is 1. The molecule has 32 heavy (non-hydrogen) atoms. The molecule has 0 amide bonds. The van der Waals surface area contributed by atoms with E-state index in [1.54, 1.807) is 65.8 Å². The van der Waals surface area contributed by atoms with Gasteiger partial charge in [-0.2, -0.15) is 0 Å². The van der Waals surface area contributed by atoms with E-state index in [2.05, 4.69) is 0 Å². The van der Waals surface area contributed by atoms with Gasteiger partial charge in [0.15, 0.2) is 5.78 Å². The third-order valence-corrected chi connectivity index (χ3v) is 5.16. The first-order valence-electron chi connectivity index (χ1n) is 11.0. The molecular weight excluding hydrogens is 412 g/mol. The fourth-order valence-corrected chi connectivity index (χ4v) is 4.10. The van der Waals surface area contributed by atoms with Crippen molar-refractivity contribution in [2.24, 2.45) is 11.8 Å². The molecule has 0 spiro atoms. The van der Waals surface area contributed by atoms with Gasteiger partial charge >= 0.3 is 11.9 Å². The maximum atomic E-state index is 13.3. The second-order valence-corrected chi connectivity index (χ2v) is 10.6. The molecule has 7 heteroatoms. The Balaban J connectivity index is 2.62. The summed E-state index contributed by atoms with van der Waals surface area (Å²) < 4.78 is 16.6. The highest BCUT2D eigenvalue weighted by molar-refractivity contribution is 6.03. The summed E-state index contributed by atoms with van der Waals surface area (Å²) in [6.07, 6.45) is -0.353. The molecule has 0 aliphatic heterocycles. The van der Waals surface area contributed by atoms with E-state index in [0.29, 0.717) is 17.9 Å². The van der Waals surface area contributed by atoms with Gasteiger partial charge in [0.05, 0.1) is 18.1 Å². The van der Waals surface area contributed by atoms with E-state index in [4.69, 9.17) is 14.2 Å². The Hall–Kier alpha value is -2.41. The maximum Gasteiger partial charge on any atom is 0.317 e. The fourth-order valence-electron chi connectivity index (χ4n) is 4.10. The number of ketones is 1. The molecule has 1 aromatic carbocycles. The van der Waals surface area contributed by atoms with Crippen LogP contribution in [0.4, 0.5) is 0 Å². The number of rotatable bonds is 5. The molecule has 0 radical (unpaired) electrons. The van der Waals surface area contributed by atoms with Crippen molar-refractivity contribution in [1.82, 2.24) is 0 Å². The molecule has 0 bridgehead atoms. The summed E-state index contributed by atoms with van der Waals surface area (Å²) in [5.74, 6) is -4.57. The zero-order valence-corrected chi connectivity index (χ0v) is 20.4. The normalized spacial score (nSPS) is 26.4. The highest BCUT2D eigenvalue weighted by atomic mass is 16.6. The van der Waals surface area contributed by atoms with Crippen LogP contribution in [0, 0.1) is 11.8 Å². The quantitative estimate of drug-likeness (QED) is 0.540. The topological polar surface area (TPSA) is 99.1 Å². The summed E-state index contributed by atoms with van der Waals surface area (Å²) in [5, 5.41) is 11.2. The molecule has 1 aliphatic carbocycles. The third kappa shape index (κ3) is 6.31. The van der Waals surface area contributed by atoms with Crippen LogP contribution in [-0.4, -0.2) is 46.2 Å². The molecule has 178 valence electrons. The number of hydrogen-bond acceptors (Lipinski definition) is 7. The van der Waals surface area contributed by atoms with Gasteiger partial charge in [0.1, 0.15) is 22.9 Å². The summed E-state index contributed by atoms with van der Waals surface area (Å²) in [6.45, 7) is 14.1. The lowest BCUT2D eigenvalue weighted by Gasteiger charge is -2.44. The average molecular weight is 449 g/mol. The van der Waals surface area contributed by atoms with Crippen LogP contribution in [0.2, 0.25) is 0 Å². The van der Waals surface area contributed by atoms with Gasteiger partial charge in [-0.25, -0.2) is 0 Å². The number of aliphatic hydroxyl groups is 1. The van der Waals surface area contributed by atoms with Crippen molar-refractivity contribution >= 4 is 17.7 Å². The van der Waals surface area contributed by atoms with Crippen LogP contribution in [0.3, 0.4) is 0 Å². The Morgan fingerprint density at radius 1 is 1.00 bits per heavy atom. The Morgan fingerprint density at radius 2 is 1.50 bits per heavy atom. The van der Waals surface area contributed by atoms with Crippen molar-refractivity contribution in [3.8, 4) is 5.75 Å². The highest BCUT2D eigenvalue weighted by Gasteiger charge is 2.57. The molecule has 0 saturated heterocycles. The fraction of sp³-hybridized carbons (Fsp3) is 0.640. The lowest BCUT2D eigenvalue weighted by molar-refractivity contribution is -0.182. The van der Waals surface area contributed by atoms with Gasteiger partial charge in [-0.1, -0.05) is 12.1 Å². The molecule has 1 N–H and O–H groups in total. The zero-order chi connectivity index (χ0) is 24.5. The predicted molar refractivity (Wildman–Crippen MR) is 119 cm³/mol. The largest absolute Gasteiger partial charge is 0.494 e. The van der Waals surface area contributed by atoms with E-state index in [-0.39, 0.29) is 6.42 Å². The Labute approximate surface area is 190 Å². The predicted octanol–water partition coefficient (Wildman–Crippen LogP) is 3.81. The molecule has 1 fully saturated rings. The highest BCUT2D eigenvalue weighted by Crippen LogP contribution is 2.47. The zero-order valence-electron chi connectivity index (χ0n) is 20.4. The van der Waals surface area contributed by atoms with E-state index in [0.717, 1.165) is 0 Å². The second-order valence-electron chi connectivity index (χ2n) is 10.6. The Kier molecular flexibility index (Phi) is 7.45. The van der Waals surface area contributed by atoms with Crippen LogP contribution in [0.15, 0.2) is 24.3 Å². The Bertz CT molecular complexity index is 841. The number of esters is 2. The molecule has 2 rings (SSSR count). The molecule has 0 aromatic heterocycles. The molecule has 1 aromatic rings. The van der Waals surface area contributed by atoms with Crippen LogP contribution in [-0.2, 0) is 23.9 Å². The van der Waals surface area contributed by atoms with Crippen LogP contribution < -0.4 is 4.74 Å². The van der Waals surface area contributed by atoms with Crippen molar-refractivity contribution < 1.29 is 33.7 Å². The van der Waals surface area contributed by atoms with Gasteiger partial charge in [0, 0.05) is 12.3 Å². The SMILES string of the molecule is CCOc1ccc([C@@H]2[C@H](C(=O)OC(C)(C)C)C(=O)C[C@](C)(O)[C@H]2C(=O)OC(C)(C)C)cc1. The minimum absolute atomic E-state index is 0.353. The number of carbonyl (C=O) groups excluding carboxylic acids is 3. The van der Waals surface area contributed by atoms with Gasteiger partial charge in [0.2, 0.25) is 0 Å². The molecule has 0 unspecified atom stereocenters. The van der Waals surface area contributed by atoms with Gasteiger partial charge in [-0.3, -0.25) is 14.4 Å². The lowest BCUT2D eigenvalue weighted by atomic mass is 9.61. The number of carbonyl (C=O) groups is 3. The Morgan fingerprint density at radius 3 is 1.97 bits per heavy atom. The van der Waals surface area contributed by atoms with Crippen molar-refractivity contribution in [3.63, 3.8) is 0 Å². The lowest BCUT2D eigenvalue weighted by Crippen LogP contribution is -2.56. The van der Waals surface area contributed by atoms with Crippen LogP contribution >= 0.6 is 0 Å². The first-order valence-corrected chi connectivity index (χ1v) is 11.0. The second kappa shape index (κ2) is 9.22. The van der Waals surface area contributed by atoms with Crippen molar-refractivity contribution in [1.29, 1.82) is 0 Å². The molecule has 7 nitrogen and oxygen atoms in total. The summed E-state index contributed by atoms with van der Waals surface area (Å²) in [5.41, 5.74) is -2.77. The first-order chi connectivity index (χ1) is 14.6. The van der Waals surface area contributed by atoms with Gasteiger partial charge in [-0.05, 0) is 73.1 Å². The van der Waals surface area contributed by atoms with Crippen LogP contribution in [0.5, 0.6) is 5.75 Å². The summed E-state index contributed by atoms with van der Waals surface area (Å²) in [4.78, 5) is 39.5. The van der Waals surface area contributed by atoms with Crippen molar-refractivity contribution in [2.45, 2.75) is 84.5 Å². The third-order valence-electron chi connectivity index (χ3n) is 5.16. The molecule has 0 heterocycles. The molecule has 1 aliphatic rings. The van der Waals surface area contributed by atoms with Crippen LogP contribution in [0.1, 0.15) is 73.3 Å². The average Bonchev–Trinajstić information content (AvgIpc) is 2.57. The van der Waals surface area contributed by atoms with E-state index in [1.165, 1.54) is 6.92 Å². The summed E-state index contributed by atoms with van der Waals surface area (Å²) in [7, 11) is 0. The summed E-state index contributed by atoms with van der Waals surface area (Å²) in [6, 6.07) is 6.84. The van der Waals surface area contributed by atoms with E-state index in [1.807, 2.05) is 6.92 Å². The minimum Gasteiger partial charge on any atom is -0.494 e. The number of Topliss-reactive ketones (excluding diaryl/α,β-unsaturated/α-hetero) is 1. The molecular formula is C25H36O7. The van der Waals surface area contributed by atoms with Gasteiger partial charge in [0.25, 0.3) is 0 Å².